The fourth-order valence-electron chi connectivity index (χ4n) is 2.75. The number of aliphatic carboxylic acids is 1. The number of unbranched alkanes of at least 4 members (excludes halogenated alkanes) is 1. The zero-order chi connectivity index (χ0) is 22.4. The van der Waals surface area contributed by atoms with Gasteiger partial charge in [-0.1, -0.05) is 0 Å². The van der Waals surface area contributed by atoms with E-state index in [1.807, 2.05) is 0 Å². The summed E-state index contributed by atoms with van der Waals surface area (Å²) in [5.74, 6) is -0.151. The van der Waals surface area contributed by atoms with Crippen molar-refractivity contribution in [1.82, 2.24) is 0 Å². The summed E-state index contributed by atoms with van der Waals surface area (Å²) in [5, 5.41) is 40.9. The van der Waals surface area contributed by atoms with Gasteiger partial charge in [0.25, 0.3) is 6.43 Å². The Labute approximate surface area is 170 Å². The van der Waals surface area contributed by atoms with E-state index >= 15 is 0 Å². The van der Waals surface area contributed by atoms with Crippen molar-refractivity contribution < 1.29 is 48.3 Å². The Kier molecular flexibility index (Phi) is 8.08. The van der Waals surface area contributed by atoms with Crippen molar-refractivity contribution in [1.29, 1.82) is 0 Å². The number of aliphatic hydroxyl groups is 3. The average molecular weight is 429 g/mol. The summed E-state index contributed by atoms with van der Waals surface area (Å²) in [6.07, 6.45) is -6.60. The molecule has 30 heavy (non-hydrogen) atoms. The number of terminal acetylenes is 1. The molecule has 5 N–H and O–H groups in total. The monoisotopic (exact) mass is 429 g/mol. The summed E-state index contributed by atoms with van der Waals surface area (Å²) >= 11 is 0. The third-order valence-electron chi connectivity index (χ3n) is 4.31. The second-order valence-corrected chi connectivity index (χ2v) is 6.51. The molecule has 9 nitrogen and oxygen atoms in total. The standard InChI is InChI=1S/C19H21F2NO8/c1-2-3-4-5-12(23)22-9-6-7-11(10(8-9)17(20)21)29-19-15(26)13(24)14(25)16(30-19)18(27)28/h1,6-8,13-17,19,24-26H,3-5H2,(H,22,23)(H,27,28)/t13?,14-,15?,16?,19+/m0/s1. The Hall–Kier alpha value is -2.78. The molecule has 3 unspecified atom stereocenters. The number of aliphatic hydroxyl groups excluding tert-OH is 3. The molecule has 0 saturated carbocycles. The number of carboxylic acids is 1. The van der Waals surface area contributed by atoms with Crippen LogP contribution in [0.3, 0.4) is 0 Å². The smallest absolute Gasteiger partial charge is 0.335 e. The summed E-state index contributed by atoms with van der Waals surface area (Å²) < 4.78 is 37.1. The van der Waals surface area contributed by atoms with Gasteiger partial charge in [-0.3, -0.25) is 4.79 Å². The molecular formula is C19H21F2NO8. The van der Waals surface area contributed by atoms with Crippen molar-refractivity contribution in [2.45, 2.75) is 56.4 Å². The van der Waals surface area contributed by atoms with Crippen LogP contribution in [-0.2, 0) is 14.3 Å². The van der Waals surface area contributed by atoms with E-state index in [-0.39, 0.29) is 12.1 Å². The number of alkyl halides is 2. The highest BCUT2D eigenvalue weighted by atomic mass is 19.3. The van der Waals surface area contributed by atoms with Gasteiger partial charge in [-0.05, 0) is 24.6 Å². The second kappa shape index (κ2) is 10.3. The van der Waals surface area contributed by atoms with E-state index in [0.717, 1.165) is 12.1 Å². The summed E-state index contributed by atoms with van der Waals surface area (Å²) in [4.78, 5) is 22.9. The Morgan fingerprint density at radius 1 is 1.23 bits per heavy atom. The molecule has 0 aromatic heterocycles. The highest BCUT2D eigenvalue weighted by Gasteiger charge is 2.48. The van der Waals surface area contributed by atoms with E-state index in [9.17, 15) is 33.7 Å². The first-order valence-corrected chi connectivity index (χ1v) is 8.90. The molecule has 164 valence electrons. The predicted molar refractivity (Wildman–Crippen MR) is 97.7 cm³/mol. The van der Waals surface area contributed by atoms with Crippen molar-refractivity contribution in [3.63, 3.8) is 0 Å². The maximum atomic E-state index is 13.5. The molecule has 1 aromatic carbocycles. The lowest BCUT2D eigenvalue weighted by atomic mass is 9.99. The van der Waals surface area contributed by atoms with Crippen molar-refractivity contribution in [3.05, 3.63) is 23.8 Å². The van der Waals surface area contributed by atoms with Gasteiger partial charge in [0.2, 0.25) is 12.2 Å². The van der Waals surface area contributed by atoms with E-state index in [4.69, 9.17) is 21.0 Å². The van der Waals surface area contributed by atoms with Crippen LogP contribution in [0.2, 0.25) is 0 Å². The molecule has 0 radical (unpaired) electrons. The minimum absolute atomic E-state index is 0.0624. The fraction of sp³-hybridized carbons (Fsp3) is 0.474. The predicted octanol–water partition coefficient (Wildman–Crippen LogP) is 0.637. The normalized spacial score (nSPS) is 26.1. The van der Waals surface area contributed by atoms with Crippen LogP contribution in [-0.4, -0.2) is 63.0 Å². The summed E-state index contributed by atoms with van der Waals surface area (Å²) in [6, 6.07) is 3.28. The molecule has 11 heteroatoms. The van der Waals surface area contributed by atoms with Crippen LogP contribution < -0.4 is 10.1 Å². The van der Waals surface area contributed by atoms with Gasteiger partial charge in [-0.2, -0.15) is 0 Å². The Balaban J connectivity index is 2.18. The molecular weight excluding hydrogens is 408 g/mol. The SMILES string of the molecule is C#CCCCC(=O)Nc1ccc(O[C@@H]2OC(C(=O)O)[C@@H](O)C(O)C2O)c(C(F)F)c1. The van der Waals surface area contributed by atoms with Crippen LogP contribution in [0.5, 0.6) is 5.75 Å². The van der Waals surface area contributed by atoms with Crippen LogP contribution in [0, 0.1) is 12.3 Å². The molecule has 0 bridgehead atoms. The lowest BCUT2D eigenvalue weighted by Gasteiger charge is -2.38. The van der Waals surface area contributed by atoms with Crippen LogP contribution >= 0.6 is 0 Å². The summed E-state index contributed by atoms with van der Waals surface area (Å²) in [5.41, 5.74) is -0.605. The summed E-state index contributed by atoms with van der Waals surface area (Å²) in [6.45, 7) is 0. The summed E-state index contributed by atoms with van der Waals surface area (Å²) in [7, 11) is 0. The molecule has 1 aliphatic heterocycles. The topological polar surface area (TPSA) is 146 Å². The van der Waals surface area contributed by atoms with Crippen molar-refractivity contribution in [2.75, 3.05) is 5.32 Å². The molecule has 1 saturated heterocycles. The number of carbonyl (C=O) groups is 2. The molecule has 1 aliphatic rings. The molecule has 1 aromatic rings. The number of amides is 1. The molecule has 1 fully saturated rings. The molecule has 1 heterocycles. The number of ether oxygens (including phenoxy) is 2. The number of carbonyl (C=O) groups excluding carboxylic acids is 1. The minimum atomic E-state index is -3.05. The highest BCUT2D eigenvalue weighted by molar-refractivity contribution is 5.90. The first-order chi connectivity index (χ1) is 14.1. The maximum Gasteiger partial charge on any atom is 0.335 e. The van der Waals surface area contributed by atoms with Gasteiger partial charge in [0.15, 0.2) is 6.10 Å². The number of rotatable bonds is 8. The quantitative estimate of drug-likeness (QED) is 0.299. The van der Waals surface area contributed by atoms with Gasteiger partial charge >= 0.3 is 5.97 Å². The zero-order valence-electron chi connectivity index (χ0n) is 15.6. The van der Waals surface area contributed by atoms with Crippen molar-refractivity contribution >= 4 is 17.6 Å². The highest BCUT2D eigenvalue weighted by Crippen LogP contribution is 2.34. The van der Waals surface area contributed by atoms with Gasteiger partial charge in [-0.25, -0.2) is 13.6 Å². The molecule has 5 atom stereocenters. The number of carboxylic acid groups (broad SMARTS) is 1. The van der Waals surface area contributed by atoms with Gasteiger partial charge < -0.3 is 35.2 Å². The van der Waals surface area contributed by atoms with Gasteiger partial charge in [0, 0.05) is 18.5 Å². The fourth-order valence-corrected chi connectivity index (χ4v) is 2.75. The third kappa shape index (κ3) is 5.64. The maximum absolute atomic E-state index is 13.5. The number of nitrogens with one attached hydrogen (secondary N) is 1. The average Bonchev–Trinajstić information content (AvgIpc) is 2.69. The molecule has 0 spiro atoms. The van der Waals surface area contributed by atoms with Gasteiger partial charge in [-0.15, -0.1) is 12.3 Å². The Morgan fingerprint density at radius 3 is 2.53 bits per heavy atom. The van der Waals surface area contributed by atoms with E-state index in [1.165, 1.54) is 6.07 Å². The van der Waals surface area contributed by atoms with Crippen molar-refractivity contribution in [2.24, 2.45) is 0 Å². The lowest BCUT2D eigenvalue weighted by molar-refractivity contribution is -0.271. The second-order valence-electron chi connectivity index (χ2n) is 6.51. The van der Waals surface area contributed by atoms with E-state index in [1.54, 1.807) is 0 Å². The Bertz CT molecular complexity index is 812. The number of hydrogen-bond donors (Lipinski definition) is 5. The number of halogens is 2. The third-order valence-corrected chi connectivity index (χ3v) is 4.31. The Morgan fingerprint density at radius 2 is 1.93 bits per heavy atom. The van der Waals surface area contributed by atoms with Crippen LogP contribution in [0.1, 0.15) is 31.3 Å². The molecule has 1 amide bonds. The van der Waals surface area contributed by atoms with Crippen LogP contribution in [0.15, 0.2) is 18.2 Å². The van der Waals surface area contributed by atoms with Crippen LogP contribution in [0.4, 0.5) is 14.5 Å². The number of benzene rings is 1. The lowest BCUT2D eigenvalue weighted by Crippen LogP contribution is -2.61. The van der Waals surface area contributed by atoms with Gasteiger partial charge in [0.05, 0.1) is 5.56 Å². The molecule has 0 aliphatic carbocycles. The number of hydrogen-bond acceptors (Lipinski definition) is 7. The van der Waals surface area contributed by atoms with Gasteiger partial charge in [0.1, 0.15) is 24.1 Å². The van der Waals surface area contributed by atoms with Crippen LogP contribution in [0.25, 0.3) is 0 Å². The first kappa shape index (κ1) is 23.5. The van der Waals surface area contributed by atoms with E-state index in [0.29, 0.717) is 12.8 Å². The van der Waals surface area contributed by atoms with E-state index < -0.39 is 60.3 Å². The largest absolute Gasteiger partial charge is 0.479 e. The molecule has 2 rings (SSSR count). The zero-order valence-corrected chi connectivity index (χ0v) is 15.6. The number of anilines is 1. The van der Waals surface area contributed by atoms with E-state index in [2.05, 4.69) is 11.2 Å². The minimum Gasteiger partial charge on any atom is -0.479 e. The first-order valence-electron chi connectivity index (χ1n) is 8.90. The van der Waals surface area contributed by atoms with Crippen molar-refractivity contribution in [3.8, 4) is 18.1 Å².